The van der Waals surface area contributed by atoms with Crippen LogP contribution >= 0.6 is 0 Å². The highest BCUT2D eigenvalue weighted by Gasteiger charge is 2.27. The summed E-state index contributed by atoms with van der Waals surface area (Å²) in [6.07, 6.45) is 1.94. The monoisotopic (exact) mass is 234 g/mol. The molecule has 0 aromatic carbocycles. The van der Waals surface area contributed by atoms with E-state index in [4.69, 9.17) is 5.73 Å². The van der Waals surface area contributed by atoms with E-state index in [0.717, 1.165) is 12.8 Å². The number of hydrogen-bond donors (Lipinski definition) is 1. The van der Waals surface area contributed by atoms with Gasteiger partial charge in [-0.3, -0.25) is 4.79 Å². The summed E-state index contributed by atoms with van der Waals surface area (Å²) in [6, 6.07) is 0. The highest BCUT2D eigenvalue weighted by Crippen LogP contribution is 2.10. The van der Waals surface area contributed by atoms with Crippen LogP contribution in [-0.4, -0.2) is 49.9 Å². The summed E-state index contributed by atoms with van der Waals surface area (Å²) in [5, 5.41) is -0.635. The molecule has 0 bridgehead atoms. The topological polar surface area (TPSA) is 80.5 Å². The zero-order valence-corrected chi connectivity index (χ0v) is 9.79. The first-order chi connectivity index (χ1) is 6.97. The minimum absolute atomic E-state index is 0.0651. The summed E-state index contributed by atoms with van der Waals surface area (Å²) in [7, 11) is -3.36. The van der Waals surface area contributed by atoms with Crippen molar-refractivity contribution in [3.8, 4) is 0 Å². The number of likely N-dealkylation sites (tertiary alicyclic amines) is 1. The minimum Gasteiger partial charge on any atom is -0.342 e. The molecule has 0 aromatic rings. The third kappa shape index (κ3) is 3.17. The molecule has 0 saturated carbocycles. The predicted molar refractivity (Wildman–Crippen MR) is 58.1 cm³/mol. The smallest absolute Gasteiger partial charge is 0.237 e. The lowest BCUT2D eigenvalue weighted by Crippen LogP contribution is -2.38. The van der Waals surface area contributed by atoms with Gasteiger partial charge in [0.05, 0.1) is 5.25 Å². The molecular formula is C9H18N2O3S. The lowest BCUT2D eigenvalue weighted by atomic mass is 10.4. The van der Waals surface area contributed by atoms with Gasteiger partial charge in [-0.05, 0) is 19.8 Å². The Morgan fingerprint density at radius 1 is 1.40 bits per heavy atom. The van der Waals surface area contributed by atoms with Gasteiger partial charge in [0, 0.05) is 19.6 Å². The summed E-state index contributed by atoms with van der Waals surface area (Å²) in [4.78, 5) is 13.2. The van der Waals surface area contributed by atoms with Gasteiger partial charge in [0.2, 0.25) is 5.91 Å². The fourth-order valence-corrected chi connectivity index (χ4v) is 2.62. The molecular weight excluding hydrogens is 216 g/mol. The lowest BCUT2D eigenvalue weighted by molar-refractivity contribution is -0.127. The first kappa shape index (κ1) is 12.4. The highest BCUT2D eigenvalue weighted by atomic mass is 32.2. The number of nitrogens with zero attached hydrogens (tertiary/aromatic N) is 1. The van der Waals surface area contributed by atoms with Gasteiger partial charge in [0.1, 0.15) is 5.75 Å². The Morgan fingerprint density at radius 2 is 1.93 bits per heavy atom. The molecule has 15 heavy (non-hydrogen) atoms. The molecule has 1 rings (SSSR count). The molecule has 0 radical (unpaired) electrons. The number of carbonyl (C=O) groups excluding carboxylic acids is 1. The third-order valence-corrected chi connectivity index (χ3v) is 4.80. The Hall–Kier alpha value is -0.620. The summed E-state index contributed by atoms with van der Waals surface area (Å²) < 4.78 is 23.2. The molecule has 1 aliphatic rings. The van der Waals surface area contributed by atoms with E-state index < -0.39 is 20.8 Å². The zero-order valence-electron chi connectivity index (χ0n) is 8.98. The average Bonchev–Trinajstić information content (AvgIpc) is 2.68. The van der Waals surface area contributed by atoms with Gasteiger partial charge in [0.15, 0.2) is 9.84 Å². The Kier molecular flexibility index (Phi) is 4.10. The fourth-order valence-electron chi connectivity index (χ4n) is 1.52. The number of carbonyl (C=O) groups is 1. The molecule has 1 amide bonds. The summed E-state index contributed by atoms with van der Waals surface area (Å²) in [5.41, 5.74) is 5.28. The van der Waals surface area contributed by atoms with E-state index in [1.165, 1.54) is 6.92 Å². The number of rotatable bonds is 4. The van der Waals surface area contributed by atoms with Crippen molar-refractivity contribution in [2.45, 2.75) is 25.0 Å². The first-order valence-electron chi connectivity index (χ1n) is 5.17. The number of hydrogen-bond acceptors (Lipinski definition) is 4. The van der Waals surface area contributed by atoms with Crippen molar-refractivity contribution in [3.05, 3.63) is 0 Å². The number of sulfone groups is 1. The zero-order chi connectivity index (χ0) is 11.5. The van der Waals surface area contributed by atoms with Crippen LogP contribution in [-0.2, 0) is 14.6 Å². The fraction of sp³-hybridized carbons (Fsp3) is 0.889. The summed E-state index contributed by atoms with van der Waals surface area (Å²) in [5.74, 6) is -0.682. The van der Waals surface area contributed by atoms with Crippen LogP contribution in [0.3, 0.4) is 0 Å². The summed E-state index contributed by atoms with van der Waals surface area (Å²) >= 11 is 0. The molecule has 1 aliphatic heterocycles. The normalized spacial score (nSPS) is 19.2. The van der Waals surface area contributed by atoms with Crippen molar-refractivity contribution in [2.75, 3.05) is 25.4 Å². The maximum atomic E-state index is 11.6. The van der Waals surface area contributed by atoms with E-state index in [1.54, 1.807) is 4.90 Å². The van der Waals surface area contributed by atoms with Crippen LogP contribution in [0.15, 0.2) is 0 Å². The van der Waals surface area contributed by atoms with Crippen molar-refractivity contribution >= 4 is 15.7 Å². The van der Waals surface area contributed by atoms with Crippen LogP contribution in [0.4, 0.5) is 0 Å². The largest absolute Gasteiger partial charge is 0.342 e. The molecule has 0 aromatic heterocycles. The molecule has 88 valence electrons. The quantitative estimate of drug-likeness (QED) is 0.702. The van der Waals surface area contributed by atoms with E-state index in [0.29, 0.717) is 13.1 Å². The van der Waals surface area contributed by atoms with Crippen molar-refractivity contribution < 1.29 is 13.2 Å². The molecule has 5 nitrogen and oxygen atoms in total. The lowest BCUT2D eigenvalue weighted by Gasteiger charge is -2.16. The van der Waals surface area contributed by atoms with Crippen molar-refractivity contribution in [1.82, 2.24) is 4.90 Å². The third-order valence-electron chi connectivity index (χ3n) is 2.73. The van der Waals surface area contributed by atoms with Crippen LogP contribution in [0.25, 0.3) is 0 Å². The van der Waals surface area contributed by atoms with E-state index in [2.05, 4.69) is 0 Å². The van der Waals surface area contributed by atoms with Gasteiger partial charge in [-0.2, -0.15) is 0 Å². The van der Waals surface area contributed by atoms with Crippen molar-refractivity contribution in [3.63, 3.8) is 0 Å². The van der Waals surface area contributed by atoms with Crippen LogP contribution < -0.4 is 5.73 Å². The van der Waals surface area contributed by atoms with Crippen LogP contribution in [0.2, 0.25) is 0 Å². The minimum atomic E-state index is -3.36. The second-order valence-electron chi connectivity index (χ2n) is 3.94. The van der Waals surface area contributed by atoms with E-state index in [1.807, 2.05) is 0 Å². The van der Waals surface area contributed by atoms with Gasteiger partial charge < -0.3 is 10.6 Å². The first-order valence-corrected chi connectivity index (χ1v) is 6.88. The van der Waals surface area contributed by atoms with Gasteiger partial charge in [-0.1, -0.05) is 0 Å². The molecule has 1 fully saturated rings. The average molecular weight is 234 g/mol. The van der Waals surface area contributed by atoms with Crippen LogP contribution in [0.1, 0.15) is 19.8 Å². The maximum absolute atomic E-state index is 11.6. The van der Waals surface area contributed by atoms with Crippen molar-refractivity contribution in [2.24, 2.45) is 5.73 Å². The SMILES string of the molecule is CC(CN)S(=O)(=O)CC(=O)N1CCCC1. The van der Waals surface area contributed by atoms with Gasteiger partial charge in [-0.25, -0.2) is 8.42 Å². The molecule has 2 N–H and O–H groups in total. The van der Waals surface area contributed by atoms with Gasteiger partial charge >= 0.3 is 0 Å². The molecule has 1 unspecified atom stereocenters. The number of nitrogens with two attached hydrogens (primary N) is 1. The van der Waals surface area contributed by atoms with Crippen molar-refractivity contribution in [1.29, 1.82) is 0 Å². The van der Waals surface area contributed by atoms with Gasteiger partial charge in [-0.15, -0.1) is 0 Å². The Morgan fingerprint density at radius 3 is 2.40 bits per heavy atom. The molecule has 1 atom stereocenters. The number of amides is 1. The standard InChI is InChI=1S/C9H18N2O3S/c1-8(6-10)15(13,14)7-9(12)11-4-2-3-5-11/h8H,2-7,10H2,1H3. The van der Waals surface area contributed by atoms with Crippen LogP contribution in [0, 0.1) is 0 Å². The highest BCUT2D eigenvalue weighted by molar-refractivity contribution is 7.92. The Labute approximate surface area is 90.5 Å². The molecule has 6 heteroatoms. The Balaban J connectivity index is 2.57. The molecule has 1 heterocycles. The second-order valence-corrected chi connectivity index (χ2v) is 6.36. The Bertz CT molecular complexity index is 320. The van der Waals surface area contributed by atoms with E-state index >= 15 is 0 Å². The molecule has 1 saturated heterocycles. The summed E-state index contributed by atoms with van der Waals surface area (Å²) in [6.45, 7) is 2.97. The van der Waals surface area contributed by atoms with Gasteiger partial charge in [0.25, 0.3) is 0 Å². The molecule has 0 aliphatic carbocycles. The maximum Gasteiger partial charge on any atom is 0.237 e. The van der Waals surface area contributed by atoms with E-state index in [-0.39, 0.29) is 12.5 Å². The predicted octanol–water partition coefficient (Wildman–Crippen LogP) is -0.629. The van der Waals surface area contributed by atoms with E-state index in [9.17, 15) is 13.2 Å². The molecule has 0 spiro atoms. The van der Waals surface area contributed by atoms with Crippen LogP contribution in [0.5, 0.6) is 0 Å². The second kappa shape index (κ2) is 4.94.